The number of aromatic nitrogens is 3. The fourth-order valence-corrected chi connectivity index (χ4v) is 8.51. The van der Waals surface area contributed by atoms with E-state index in [1.54, 1.807) is 0 Å². The van der Waals surface area contributed by atoms with E-state index in [1.165, 1.54) is 43.6 Å². The Morgan fingerprint density at radius 3 is 1.11 bits per heavy atom. The Labute approximate surface area is 325 Å². The summed E-state index contributed by atoms with van der Waals surface area (Å²) in [6.45, 7) is 0. The number of hydrogen-bond donors (Lipinski definition) is 0. The molecule has 0 radical (unpaired) electrons. The molecule has 56 heavy (non-hydrogen) atoms. The van der Waals surface area contributed by atoms with Gasteiger partial charge in [-0.05, 0) is 89.0 Å². The molecule has 262 valence electrons. The van der Waals surface area contributed by atoms with Crippen LogP contribution in [0.15, 0.2) is 212 Å². The molecule has 0 amide bonds. The van der Waals surface area contributed by atoms with Gasteiger partial charge in [-0.15, -0.1) is 0 Å². The van der Waals surface area contributed by atoms with Gasteiger partial charge in [0.1, 0.15) is 0 Å². The van der Waals surface area contributed by atoms with Crippen molar-refractivity contribution in [1.29, 1.82) is 0 Å². The van der Waals surface area contributed by atoms with E-state index < -0.39 is 0 Å². The minimum atomic E-state index is 0.933. The van der Waals surface area contributed by atoms with Crippen LogP contribution in [0.4, 0.5) is 0 Å². The average Bonchev–Trinajstić information content (AvgIpc) is 3.80. The predicted molar refractivity (Wildman–Crippen MR) is 235 cm³/mol. The van der Waals surface area contributed by atoms with Gasteiger partial charge < -0.3 is 9.13 Å². The molecule has 0 aliphatic heterocycles. The largest absolute Gasteiger partial charge is 0.309 e. The predicted octanol–water partition coefficient (Wildman–Crippen LogP) is 13.9. The molecule has 3 aromatic heterocycles. The molecule has 0 saturated carbocycles. The van der Waals surface area contributed by atoms with Gasteiger partial charge in [0, 0.05) is 44.0 Å². The normalized spacial score (nSPS) is 11.6. The molecule has 11 rings (SSSR count). The number of benzene rings is 8. The molecule has 0 fully saturated rings. The average molecular weight is 714 g/mol. The maximum Gasteiger partial charge on any atom is 0.0716 e. The highest BCUT2D eigenvalue weighted by atomic mass is 15.0. The van der Waals surface area contributed by atoms with Crippen molar-refractivity contribution in [2.45, 2.75) is 0 Å². The number of fused-ring (bicyclic) bond motifs is 6. The van der Waals surface area contributed by atoms with Gasteiger partial charge in [0.05, 0.1) is 33.5 Å². The Kier molecular flexibility index (Phi) is 7.49. The van der Waals surface area contributed by atoms with Crippen molar-refractivity contribution in [2.75, 3.05) is 0 Å². The number of pyridine rings is 1. The van der Waals surface area contributed by atoms with Crippen LogP contribution in [0, 0.1) is 0 Å². The first-order chi connectivity index (χ1) is 27.8. The Balaban J connectivity index is 1.03. The topological polar surface area (TPSA) is 22.8 Å². The smallest absolute Gasteiger partial charge is 0.0716 e. The van der Waals surface area contributed by atoms with Crippen molar-refractivity contribution in [3.8, 4) is 56.1 Å². The third kappa shape index (κ3) is 5.32. The third-order valence-electron chi connectivity index (χ3n) is 11.1. The van der Waals surface area contributed by atoms with E-state index in [2.05, 4.69) is 221 Å². The standard InChI is InChI=1S/C53H35N3/c1-2-15-36(16-3-1)41-34-48(54-49(35-41)40-20-14-22-43(33-40)56-52-29-10-6-25-46(52)47-26-7-11-30-53(47)56)39-19-12-17-37(31-39)38-18-13-21-42(32-38)55-50-27-8-4-23-44(50)45-24-5-9-28-51(45)55/h1-35H. The summed E-state index contributed by atoms with van der Waals surface area (Å²) in [5.74, 6) is 0. The van der Waals surface area contributed by atoms with Crippen LogP contribution in [0.3, 0.4) is 0 Å². The summed E-state index contributed by atoms with van der Waals surface area (Å²) in [5.41, 5.74) is 15.6. The molecule has 0 spiro atoms. The maximum absolute atomic E-state index is 5.39. The molecular weight excluding hydrogens is 679 g/mol. The Bertz CT molecular complexity index is 3150. The Hall–Kier alpha value is -7.49. The summed E-state index contributed by atoms with van der Waals surface area (Å²) in [6, 6.07) is 76.2. The van der Waals surface area contributed by atoms with E-state index in [9.17, 15) is 0 Å². The Morgan fingerprint density at radius 1 is 0.250 bits per heavy atom. The lowest BCUT2D eigenvalue weighted by molar-refractivity contribution is 1.18. The van der Waals surface area contributed by atoms with Crippen LogP contribution in [-0.2, 0) is 0 Å². The minimum absolute atomic E-state index is 0.933. The summed E-state index contributed by atoms with van der Waals surface area (Å²) < 4.78 is 4.75. The first-order valence-corrected chi connectivity index (χ1v) is 19.1. The van der Waals surface area contributed by atoms with E-state index in [1.807, 2.05) is 0 Å². The molecule has 0 N–H and O–H groups in total. The zero-order chi connectivity index (χ0) is 37.0. The molecule has 0 aliphatic rings. The number of nitrogens with zero attached hydrogens (tertiary/aromatic N) is 3. The second kappa shape index (κ2) is 13.1. The second-order valence-corrected chi connectivity index (χ2v) is 14.4. The first-order valence-electron chi connectivity index (χ1n) is 19.1. The minimum Gasteiger partial charge on any atom is -0.309 e. The monoisotopic (exact) mass is 713 g/mol. The van der Waals surface area contributed by atoms with Gasteiger partial charge in [0.15, 0.2) is 0 Å². The molecule has 0 aliphatic carbocycles. The van der Waals surface area contributed by atoms with Gasteiger partial charge in [0.25, 0.3) is 0 Å². The number of para-hydroxylation sites is 4. The van der Waals surface area contributed by atoms with E-state index in [0.717, 1.165) is 56.1 Å². The van der Waals surface area contributed by atoms with Crippen molar-refractivity contribution in [3.05, 3.63) is 212 Å². The Morgan fingerprint density at radius 2 is 0.607 bits per heavy atom. The van der Waals surface area contributed by atoms with E-state index >= 15 is 0 Å². The SMILES string of the molecule is c1ccc(-c2cc(-c3cccc(-c4cccc(-n5c6ccccc6c6ccccc65)c4)c3)nc(-c3cccc(-n4c5ccccc5c5ccccc54)c3)c2)cc1. The molecule has 0 atom stereocenters. The number of hydrogen-bond acceptors (Lipinski definition) is 1. The molecule has 8 aromatic carbocycles. The molecular formula is C53H35N3. The summed E-state index contributed by atoms with van der Waals surface area (Å²) >= 11 is 0. The lowest BCUT2D eigenvalue weighted by Gasteiger charge is -2.14. The van der Waals surface area contributed by atoms with Gasteiger partial charge in [-0.25, -0.2) is 4.98 Å². The van der Waals surface area contributed by atoms with Crippen LogP contribution in [0.2, 0.25) is 0 Å². The van der Waals surface area contributed by atoms with Gasteiger partial charge >= 0.3 is 0 Å². The van der Waals surface area contributed by atoms with Crippen molar-refractivity contribution in [2.24, 2.45) is 0 Å². The van der Waals surface area contributed by atoms with Crippen LogP contribution >= 0.6 is 0 Å². The van der Waals surface area contributed by atoms with E-state index in [0.29, 0.717) is 0 Å². The fourth-order valence-electron chi connectivity index (χ4n) is 8.51. The van der Waals surface area contributed by atoms with Gasteiger partial charge in [-0.1, -0.05) is 146 Å². The highest BCUT2D eigenvalue weighted by Crippen LogP contribution is 2.37. The van der Waals surface area contributed by atoms with Gasteiger partial charge in [-0.2, -0.15) is 0 Å². The lowest BCUT2D eigenvalue weighted by Crippen LogP contribution is -1.96. The zero-order valence-corrected chi connectivity index (χ0v) is 30.5. The van der Waals surface area contributed by atoms with Crippen LogP contribution in [0.25, 0.3) is 99.8 Å². The highest BCUT2D eigenvalue weighted by molar-refractivity contribution is 6.10. The van der Waals surface area contributed by atoms with Crippen molar-refractivity contribution >= 4 is 43.6 Å². The molecule has 0 bridgehead atoms. The lowest BCUT2D eigenvalue weighted by atomic mass is 9.97. The van der Waals surface area contributed by atoms with Gasteiger partial charge in [-0.3, -0.25) is 0 Å². The second-order valence-electron chi connectivity index (χ2n) is 14.4. The molecule has 3 nitrogen and oxygen atoms in total. The summed E-state index contributed by atoms with van der Waals surface area (Å²) in [4.78, 5) is 5.39. The van der Waals surface area contributed by atoms with Crippen molar-refractivity contribution < 1.29 is 0 Å². The maximum atomic E-state index is 5.39. The molecule has 3 heteroatoms. The van der Waals surface area contributed by atoms with Crippen molar-refractivity contribution in [3.63, 3.8) is 0 Å². The first kappa shape index (κ1) is 32.0. The zero-order valence-electron chi connectivity index (χ0n) is 30.5. The number of rotatable bonds is 6. The molecule has 11 aromatic rings. The van der Waals surface area contributed by atoms with Crippen LogP contribution < -0.4 is 0 Å². The van der Waals surface area contributed by atoms with Crippen LogP contribution in [0.5, 0.6) is 0 Å². The molecule has 0 unspecified atom stereocenters. The quantitative estimate of drug-likeness (QED) is 0.168. The highest BCUT2D eigenvalue weighted by Gasteiger charge is 2.16. The van der Waals surface area contributed by atoms with E-state index in [4.69, 9.17) is 4.98 Å². The summed E-state index contributed by atoms with van der Waals surface area (Å²) in [7, 11) is 0. The van der Waals surface area contributed by atoms with Gasteiger partial charge in [0.2, 0.25) is 0 Å². The van der Waals surface area contributed by atoms with E-state index in [-0.39, 0.29) is 0 Å². The summed E-state index contributed by atoms with van der Waals surface area (Å²) in [5, 5.41) is 5.02. The van der Waals surface area contributed by atoms with Crippen molar-refractivity contribution in [1.82, 2.24) is 14.1 Å². The molecule has 3 heterocycles. The van der Waals surface area contributed by atoms with Crippen LogP contribution in [0.1, 0.15) is 0 Å². The third-order valence-corrected chi connectivity index (χ3v) is 11.1. The van der Waals surface area contributed by atoms with Crippen LogP contribution in [-0.4, -0.2) is 14.1 Å². The summed E-state index contributed by atoms with van der Waals surface area (Å²) in [6.07, 6.45) is 0. The molecule has 0 saturated heterocycles. The fraction of sp³-hybridized carbons (Fsp3) is 0.